The number of pyridine rings is 1. The van der Waals surface area contributed by atoms with Crippen molar-refractivity contribution in [1.29, 1.82) is 0 Å². The van der Waals surface area contributed by atoms with Crippen molar-refractivity contribution in [3.05, 3.63) is 96.2 Å². The number of carbonyl (C=O) groups is 1. The molecular weight excluding hydrogens is 378 g/mol. The number of amides is 1. The summed E-state index contributed by atoms with van der Waals surface area (Å²) in [5, 5.41) is 0. The smallest absolute Gasteiger partial charge is 0.273 e. The first-order chi connectivity index (χ1) is 14.7. The van der Waals surface area contributed by atoms with Gasteiger partial charge in [-0.1, -0.05) is 30.3 Å². The molecule has 5 rings (SSSR count). The second-order valence-electron chi connectivity index (χ2n) is 6.98. The maximum Gasteiger partial charge on any atom is 0.273 e. The molecule has 3 heterocycles. The molecule has 7 heteroatoms. The fourth-order valence-corrected chi connectivity index (χ4v) is 3.42. The molecule has 0 spiro atoms. The number of hydrogen-bond donors (Lipinski definition) is 1. The van der Waals surface area contributed by atoms with E-state index in [2.05, 4.69) is 15.4 Å². The zero-order valence-corrected chi connectivity index (χ0v) is 16.3. The molecule has 0 atom stereocenters. The van der Waals surface area contributed by atoms with E-state index < -0.39 is 0 Å². The summed E-state index contributed by atoms with van der Waals surface area (Å²) in [7, 11) is 0. The van der Waals surface area contributed by atoms with E-state index in [9.17, 15) is 4.79 Å². The Morgan fingerprint density at radius 1 is 1.07 bits per heavy atom. The molecule has 0 fully saturated rings. The lowest BCUT2D eigenvalue weighted by atomic mass is 10.2. The summed E-state index contributed by atoms with van der Waals surface area (Å²) in [4.78, 5) is 21.8. The minimum Gasteiger partial charge on any atom is -0.486 e. The Morgan fingerprint density at radius 3 is 2.80 bits per heavy atom. The predicted molar refractivity (Wildman–Crippen MR) is 114 cm³/mol. The second kappa shape index (κ2) is 7.36. The number of rotatable bonds is 5. The van der Waals surface area contributed by atoms with Gasteiger partial charge < -0.3 is 9.14 Å². The molecule has 0 saturated carbocycles. The summed E-state index contributed by atoms with van der Waals surface area (Å²) in [6.45, 7) is 2.28. The van der Waals surface area contributed by atoms with Crippen molar-refractivity contribution in [2.75, 3.05) is 5.43 Å². The molecule has 0 bridgehead atoms. The molecule has 3 aromatic heterocycles. The lowest BCUT2D eigenvalue weighted by Gasteiger charge is -2.11. The number of nitrogens with one attached hydrogen (secondary N) is 1. The van der Waals surface area contributed by atoms with Crippen molar-refractivity contribution < 1.29 is 9.53 Å². The Bertz CT molecular complexity index is 1370. The molecule has 1 N–H and O–H groups in total. The van der Waals surface area contributed by atoms with Crippen LogP contribution in [0.15, 0.2) is 79.4 Å². The number of carbonyl (C=O) groups excluding carboxylic acids is 1. The molecule has 2 aromatic carbocycles. The molecule has 0 saturated heterocycles. The number of ether oxygens (including phenoxy) is 1. The van der Waals surface area contributed by atoms with Gasteiger partial charge in [-0.15, -0.1) is 0 Å². The van der Waals surface area contributed by atoms with E-state index in [0.29, 0.717) is 11.3 Å². The highest BCUT2D eigenvalue weighted by Gasteiger charge is 2.14. The molecule has 0 aliphatic carbocycles. The van der Waals surface area contributed by atoms with Gasteiger partial charge in [0.25, 0.3) is 5.91 Å². The van der Waals surface area contributed by atoms with E-state index in [4.69, 9.17) is 4.74 Å². The zero-order chi connectivity index (χ0) is 20.5. The van der Waals surface area contributed by atoms with Gasteiger partial charge >= 0.3 is 0 Å². The van der Waals surface area contributed by atoms with Crippen LogP contribution in [-0.4, -0.2) is 25.0 Å². The van der Waals surface area contributed by atoms with Crippen LogP contribution in [0.5, 0.6) is 5.75 Å². The summed E-state index contributed by atoms with van der Waals surface area (Å²) in [6.07, 6.45) is 5.48. The van der Waals surface area contributed by atoms with Crippen LogP contribution in [-0.2, 0) is 6.61 Å². The number of benzene rings is 2. The van der Waals surface area contributed by atoms with Crippen LogP contribution in [0.2, 0.25) is 0 Å². The minimum absolute atomic E-state index is 0.263. The van der Waals surface area contributed by atoms with E-state index in [1.165, 1.54) is 0 Å². The lowest BCUT2D eigenvalue weighted by molar-refractivity contribution is 0.100. The predicted octanol–water partition coefficient (Wildman–Crippen LogP) is 3.96. The van der Waals surface area contributed by atoms with Crippen LogP contribution in [0.1, 0.15) is 21.6 Å². The van der Waals surface area contributed by atoms with E-state index in [1.54, 1.807) is 23.1 Å². The highest BCUT2D eigenvalue weighted by molar-refractivity contribution is 6.02. The van der Waals surface area contributed by atoms with Gasteiger partial charge in [-0.25, -0.2) is 14.6 Å². The van der Waals surface area contributed by atoms with Gasteiger partial charge in [0, 0.05) is 12.4 Å². The molecule has 0 radical (unpaired) electrons. The van der Waals surface area contributed by atoms with Crippen molar-refractivity contribution in [3.63, 3.8) is 0 Å². The third-order valence-electron chi connectivity index (χ3n) is 4.91. The molecule has 30 heavy (non-hydrogen) atoms. The van der Waals surface area contributed by atoms with Crippen molar-refractivity contribution >= 4 is 22.6 Å². The van der Waals surface area contributed by atoms with Crippen LogP contribution in [0.4, 0.5) is 0 Å². The Kier molecular flexibility index (Phi) is 4.40. The van der Waals surface area contributed by atoms with E-state index >= 15 is 0 Å². The third kappa shape index (κ3) is 3.26. The molecule has 148 valence electrons. The van der Waals surface area contributed by atoms with Crippen molar-refractivity contribution in [1.82, 2.24) is 19.0 Å². The SMILES string of the molecule is Cc1cccn2cc(COc3ccccc3C(=O)Nn3cnc4ccccc43)nc12. The number of nitrogens with zero attached hydrogens (tertiary/aromatic N) is 4. The number of hydrogen-bond acceptors (Lipinski definition) is 4. The minimum atomic E-state index is -0.278. The highest BCUT2D eigenvalue weighted by Crippen LogP contribution is 2.21. The van der Waals surface area contributed by atoms with Gasteiger partial charge in [-0.05, 0) is 42.8 Å². The van der Waals surface area contributed by atoms with Crippen LogP contribution in [0, 0.1) is 6.92 Å². The summed E-state index contributed by atoms with van der Waals surface area (Å²) < 4.78 is 9.54. The van der Waals surface area contributed by atoms with Gasteiger partial charge in [0.2, 0.25) is 0 Å². The number of imidazole rings is 2. The van der Waals surface area contributed by atoms with Crippen molar-refractivity contribution in [2.24, 2.45) is 0 Å². The van der Waals surface area contributed by atoms with E-state index in [1.807, 2.05) is 72.2 Å². The Labute approximate surface area is 172 Å². The summed E-state index contributed by atoms with van der Waals surface area (Å²) in [5.74, 6) is 0.216. The lowest BCUT2D eigenvalue weighted by Crippen LogP contribution is -2.22. The number of aromatic nitrogens is 4. The Hall–Kier alpha value is -4.13. The Balaban J connectivity index is 1.36. The quantitative estimate of drug-likeness (QED) is 0.487. The number of fused-ring (bicyclic) bond motifs is 2. The number of aryl methyl sites for hydroxylation is 1. The summed E-state index contributed by atoms with van der Waals surface area (Å²) >= 11 is 0. The van der Waals surface area contributed by atoms with Gasteiger partial charge in [-0.3, -0.25) is 10.2 Å². The van der Waals surface area contributed by atoms with Crippen LogP contribution in [0.25, 0.3) is 16.7 Å². The highest BCUT2D eigenvalue weighted by atomic mass is 16.5. The normalized spacial score (nSPS) is 11.1. The average Bonchev–Trinajstić information content (AvgIpc) is 3.37. The van der Waals surface area contributed by atoms with Gasteiger partial charge in [0.15, 0.2) is 0 Å². The third-order valence-corrected chi connectivity index (χ3v) is 4.91. The molecular formula is C23H19N5O2. The first-order valence-corrected chi connectivity index (χ1v) is 9.57. The second-order valence-corrected chi connectivity index (χ2v) is 6.98. The Morgan fingerprint density at radius 2 is 1.90 bits per heavy atom. The summed E-state index contributed by atoms with van der Waals surface area (Å²) in [6, 6.07) is 18.8. The first-order valence-electron chi connectivity index (χ1n) is 9.57. The average molecular weight is 397 g/mol. The molecule has 0 unspecified atom stereocenters. The zero-order valence-electron chi connectivity index (χ0n) is 16.3. The van der Waals surface area contributed by atoms with Crippen molar-refractivity contribution in [2.45, 2.75) is 13.5 Å². The summed E-state index contributed by atoms with van der Waals surface area (Å²) in [5.41, 5.74) is 7.72. The largest absolute Gasteiger partial charge is 0.486 e. The van der Waals surface area contributed by atoms with Crippen LogP contribution < -0.4 is 10.2 Å². The number of para-hydroxylation sites is 3. The van der Waals surface area contributed by atoms with Gasteiger partial charge in [-0.2, -0.15) is 0 Å². The van der Waals surface area contributed by atoms with Gasteiger partial charge in [0.1, 0.15) is 24.3 Å². The fraction of sp³-hybridized carbons (Fsp3) is 0.0870. The molecule has 0 aliphatic rings. The fourth-order valence-electron chi connectivity index (χ4n) is 3.42. The van der Waals surface area contributed by atoms with Crippen LogP contribution >= 0.6 is 0 Å². The maximum absolute atomic E-state index is 12.9. The molecule has 5 aromatic rings. The van der Waals surface area contributed by atoms with Crippen molar-refractivity contribution in [3.8, 4) is 5.75 Å². The first kappa shape index (κ1) is 17.9. The monoisotopic (exact) mass is 397 g/mol. The molecule has 1 amide bonds. The maximum atomic E-state index is 12.9. The van der Waals surface area contributed by atoms with Crippen LogP contribution in [0.3, 0.4) is 0 Å². The van der Waals surface area contributed by atoms with Gasteiger partial charge in [0.05, 0.1) is 22.3 Å². The molecule has 0 aliphatic heterocycles. The van der Waals surface area contributed by atoms with E-state index in [-0.39, 0.29) is 12.5 Å². The standard InChI is InChI=1S/C23H19N5O2/c1-16-7-6-12-27-13-17(25-22(16)27)14-30-21-11-5-2-8-18(21)23(29)26-28-15-24-19-9-3-4-10-20(19)28/h2-13,15H,14H2,1H3,(H,26,29). The molecule has 7 nitrogen and oxygen atoms in total. The van der Waals surface area contributed by atoms with E-state index in [0.717, 1.165) is 27.9 Å². The topological polar surface area (TPSA) is 73.5 Å².